The van der Waals surface area contributed by atoms with Gasteiger partial charge < -0.3 is 4.52 Å². The maximum absolute atomic E-state index is 12.2. The molecule has 1 unspecified atom stereocenters. The Labute approximate surface area is 119 Å². The van der Waals surface area contributed by atoms with Crippen LogP contribution in [-0.2, 0) is 13.6 Å². The average Bonchev–Trinajstić information content (AvgIpc) is 2.44. The second-order valence-electron chi connectivity index (χ2n) is 3.83. The van der Waals surface area contributed by atoms with Crippen molar-refractivity contribution in [3.63, 3.8) is 0 Å². The molecule has 0 radical (unpaired) electrons. The molecule has 0 spiro atoms. The Bertz CT molecular complexity index is 385. The van der Waals surface area contributed by atoms with Crippen molar-refractivity contribution in [2.45, 2.75) is 19.8 Å². The van der Waals surface area contributed by atoms with E-state index in [9.17, 15) is 4.57 Å². The van der Waals surface area contributed by atoms with E-state index in [0.29, 0.717) is 12.4 Å². The molecule has 0 heterocycles. The Morgan fingerprint density at radius 3 is 2.58 bits per heavy atom. The summed E-state index contributed by atoms with van der Waals surface area (Å²) in [5.41, 5.74) is 0. The van der Waals surface area contributed by atoms with Crippen LogP contribution in [0.15, 0.2) is 30.3 Å². The summed E-state index contributed by atoms with van der Waals surface area (Å²) in [5, 5.41) is 0. The van der Waals surface area contributed by atoms with Crippen molar-refractivity contribution in [1.82, 2.24) is 0 Å². The van der Waals surface area contributed by atoms with Gasteiger partial charge in [0.05, 0.1) is 6.61 Å². The summed E-state index contributed by atoms with van der Waals surface area (Å²) >= 11 is 1.78. The number of benzene rings is 1. The van der Waals surface area contributed by atoms with Crippen LogP contribution in [0.3, 0.4) is 0 Å². The van der Waals surface area contributed by atoms with E-state index in [4.69, 9.17) is 13.6 Å². The van der Waals surface area contributed by atoms with Crippen molar-refractivity contribution in [2.75, 3.05) is 25.2 Å². The molecule has 6 heteroatoms. The molecule has 0 N–H and O–H groups in total. The summed E-state index contributed by atoms with van der Waals surface area (Å²) in [4.78, 5) is 0. The van der Waals surface area contributed by atoms with E-state index < -0.39 is 7.82 Å². The van der Waals surface area contributed by atoms with Gasteiger partial charge in [0.25, 0.3) is 0 Å². The Kier molecular flexibility index (Phi) is 8.22. The van der Waals surface area contributed by atoms with Gasteiger partial charge in [-0.3, -0.25) is 9.05 Å². The molecule has 1 aromatic carbocycles. The predicted octanol–water partition coefficient (Wildman–Crippen LogP) is 4.37. The molecule has 0 aliphatic rings. The molecule has 0 amide bonds. The Balaban J connectivity index is 2.32. The van der Waals surface area contributed by atoms with E-state index in [1.807, 2.05) is 6.07 Å². The van der Waals surface area contributed by atoms with Crippen LogP contribution in [0.1, 0.15) is 19.8 Å². The van der Waals surface area contributed by atoms with Crippen LogP contribution in [0.25, 0.3) is 0 Å². The highest BCUT2D eigenvalue weighted by atomic mass is 32.2. The van der Waals surface area contributed by atoms with E-state index in [0.717, 1.165) is 11.5 Å². The summed E-state index contributed by atoms with van der Waals surface area (Å²) in [6.45, 7) is 2.51. The minimum absolute atomic E-state index is 0.354. The molecule has 4 nitrogen and oxygen atoms in total. The minimum atomic E-state index is -3.49. The normalized spacial score (nSPS) is 14.0. The predicted molar refractivity (Wildman–Crippen MR) is 79.9 cm³/mol. The Hall–Kier alpha value is -0.480. The van der Waals surface area contributed by atoms with Gasteiger partial charge in [0, 0.05) is 12.9 Å². The highest BCUT2D eigenvalue weighted by Gasteiger charge is 2.26. The molecule has 1 aromatic rings. The van der Waals surface area contributed by atoms with Crippen LogP contribution in [0.2, 0.25) is 0 Å². The number of phosphoric ester groups is 1. The Morgan fingerprint density at radius 2 is 1.95 bits per heavy atom. The van der Waals surface area contributed by atoms with Gasteiger partial charge in [-0.2, -0.15) is 11.8 Å². The fraction of sp³-hybridized carbons (Fsp3) is 0.538. The number of rotatable bonds is 10. The van der Waals surface area contributed by atoms with E-state index in [2.05, 4.69) is 6.92 Å². The van der Waals surface area contributed by atoms with Crippen molar-refractivity contribution in [2.24, 2.45) is 0 Å². The number of hydrogen-bond donors (Lipinski definition) is 0. The largest absolute Gasteiger partial charge is 0.529 e. The van der Waals surface area contributed by atoms with Crippen molar-refractivity contribution in [1.29, 1.82) is 0 Å². The lowest BCUT2D eigenvalue weighted by atomic mass is 10.3. The number of unbranched alkanes of at least 4 members (excludes halogenated alkanes) is 1. The van der Waals surface area contributed by atoms with Crippen LogP contribution in [0.4, 0.5) is 0 Å². The zero-order valence-electron chi connectivity index (χ0n) is 11.4. The first-order valence-corrected chi connectivity index (χ1v) is 8.94. The standard InChI is InChI=1S/C13H21O4PS/c1-3-4-11-19-12-10-16-18(14,15-2)17-13-8-6-5-7-9-13/h5-9H,3-4,10-12H2,1-2H3. The highest BCUT2D eigenvalue weighted by Crippen LogP contribution is 2.48. The summed E-state index contributed by atoms with van der Waals surface area (Å²) in [6.07, 6.45) is 2.37. The topological polar surface area (TPSA) is 44.8 Å². The van der Waals surface area contributed by atoms with Gasteiger partial charge in [0.2, 0.25) is 0 Å². The summed E-state index contributed by atoms with van der Waals surface area (Å²) in [7, 11) is -2.16. The van der Waals surface area contributed by atoms with Gasteiger partial charge in [0.15, 0.2) is 0 Å². The highest BCUT2D eigenvalue weighted by molar-refractivity contribution is 7.99. The van der Waals surface area contributed by atoms with E-state index in [1.165, 1.54) is 20.0 Å². The third kappa shape index (κ3) is 7.02. The molecule has 1 rings (SSSR count). The monoisotopic (exact) mass is 304 g/mol. The number of para-hydroxylation sites is 1. The first-order valence-electron chi connectivity index (χ1n) is 6.33. The van der Waals surface area contributed by atoms with E-state index >= 15 is 0 Å². The van der Waals surface area contributed by atoms with Crippen molar-refractivity contribution >= 4 is 19.6 Å². The molecule has 0 saturated carbocycles. The first-order chi connectivity index (χ1) is 9.20. The fourth-order valence-corrected chi connectivity index (χ4v) is 3.23. The maximum atomic E-state index is 12.2. The molecule has 19 heavy (non-hydrogen) atoms. The number of hydrogen-bond acceptors (Lipinski definition) is 5. The maximum Gasteiger partial charge on any atom is 0.529 e. The SMILES string of the molecule is CCCCSCCOP(=O)(OC)Oc1ccccc1. The van der Waals surface area contributed by atoms with Crippen molar-refractivity contribution in [3.05, 3.63) is 30.3 Å². The quantitative estimate of drug-likeness (QED) is 0.474. The lowest BCUT2D eigenvalue weighted by Gasteiger charge is -2.16. The number of thioether (sulfide) groups is 1. The van der Waals surface area contributed by atoms with Gasteiger partial charge in [0.1, 0.15) is 5.75 Å². The fourth-order valence-electron chi connectivity index (χ4n) is 1.28. The summed E-state index contributed by atoms with van der Waals surface area (Å²) in [6, 6.07) is 8.89. The van der Waals surface area contributed by atoms with Gasteiger partial charge in [-0.15, -0.1) is 0 Å². The minimum Gasteiger partial charge on any atom is -0.404 e. The Morgan fingerprint density at radius 1 is 1.21 bits per heavy atom. The van der Waals surface area contributed by atoms with Crippen LogP contribution >= 0.6 is 19.6 Å². The third-order valence-electron chi connectivity index (χ3n) is 2.30. The van der Waals surface area contributed by atoms with E-state index in [-0.39, 0.29) is 0 Å². The second-order valence-corrected chi connectivity index (χ2v) is 6.76. The molecule has 0 aliphatic carbocycles. The molecule has 108 valence electrons. The molecule has 0 saturated heterocycles. The molecular weight excluding hydrogens is 283 g/mol. The smallest absolute Gasteiger partial charge is 0.404 e. The molecule has 0 bridgehead atoms. The van der Waals surface area contributed by atoms with Gasteiger partial charge in [-0.25, -0.2) is 4.57 Å². The average molecular weight is 304 g/mol. The first kappa shape index (κ1) is 16.6. The molecule has 0 aliphatic heterocycles. The number of phosphoric acid groups is 1. The second kappa shape index (κ2) is 9.43. The van der Waals surface area contributed by atoms with Crippen LogP contribution in [0, 0.1) is 0 Å². The van der Waals surface area contributed by atoms with Crippen LogP contribution < -0.4 is 4.52 Å². The van der Waals surface area contributed by atoms with Gasteiger partial charge in [-0.1, -0.05) is 31.5 Å². The lowest BCUT2D eigenvalue weighted by Crippen LogP contribution is -2.03. The van der Waals surface area contributed by atoms with Crippen LogP contribution in [-0.4, -0.2) is 25.2 Å². The zero-order chi connectivity index (χ0) is 14.0. The van der Waals surface area contributed by atoms with Crippen LogP contribution in [0.5, 0.6) is 5.75 Å². The van der Waals surface area contributed by atoms with Crippen molar-refractivity contribution < 1.29 is 18.1 Å². The van der Waals surface area contributed by atoms with Gasteiger partial charge >= 0.3 is 7.82 Å². The van der Waals surface area contributed by atoms with E-state index in [1.54, 1.807) is 36.0 Å². The molecular formula is C13H21O4PS. The van der Waals surface area contributed by atoms with Gasteiger partial charge in [-0.05, 0) is 24.3 Å². The molecule has 0 fully saturated rings. The summed E-state index contributed by atoms with van der Waals surface area (Å²) < 4.78 is 27.6. The summed E-state index contributed by atoms with van der Waals surface area (Å²) in [5.74, 6) is 2.36. The molecule has 0 aromatic heterocycles. The lowest BCUT2D eigenvalue weighted by molar-refractivity contribution is 0.188. The zero-order valence-corrected chi connectivity index (χ0v) is 13.1. The van der Waals surface area contributed by atoms with Crippen molar-refractivity contribution in [3.8, 4) is 5.75 Å². The third-order valence-corrected chi connectivity index (χ3v) is 4.72. The molecule has 1 atom stereocenters.